The van der Waals surface area contributed by atoms with Gasteiger partial charge in [0.15, 0.2) is 0 Å². The minimum Gasteiger partial charge on any atom is -0.465 e. The molecule has 0 bridgehead atoms. The average molecular weight is 246 g/mol. The Kier molecular flexibility index (Phi) is 3.33. The van der Waals surface area contributed by atoms with Crippen molar-refractivity contribution in [3.05, 3.63) is 23.4 Å². The maximum atomic E-state index is 10.8. The maximum Gasteiger partial charge on any atom is 0.407 e. The Morgan fingerprint density at radius 1 is 1.67 bits per heavy atom. The second kappa shape index (κ2) is 4.92. The lowest BCUT2D eigenvalue weighted by atomic mass is 10.2. The number of aryl methyl sites for hydroxylation is 1. The number of amides is 1. The highest BCUT2D eigenvalue weighted by Crippen LogP contribution is 2.16. The van der Waals surface area contributed by atoms with Gasteiger partial charge < -0.3 is 15.3 Å². The molecule has 1 amide bonds. The number of likely N-dealkylation sites (tertiary alicyclic amines) is 1. The molecule has 0 spiro atoms. The standard InChI is InChI=1S/C12H14N4O2/c1-8-9(6-13)2-3-11(14-8)15-10-4-5-16(7-10)12(17)18/h2-3,10H,4-5,7H2,1H3,(H,14,15)(H,17,18). The maximum absolute atomic E-state index is 10.8. The highest BCUT2D eigenvalue weighted by Gasteiger charge is 2.25. The first-order valence-electron chi connectivity index (χ1n) is 5.72. The van der Waals surface area contributed by atoms with Crippen molar-refractivity contribution in [2.24, 2.45) is 0 Å². The van der Waals surface area contributed by atoms with Crippen molar-refractivity contribution in [2.45, 2.75) is 19.4 Å². The number of hydrogen-bond acceptors (Lipinski definition) is 4. The van der Waals surface area contributed by atoms with E-state index in [1.165, 1.54) is 4.90 Å². The molecule has 1 aliphatic rings. The molecule has 1 saturated heterocycles. The molecule has 6 nitrogen and oxygen atoms in total. The van der Waals surface area contributed by atoms with Crippen LogP contribution < -0.4 is 5.32 Å². The van der Waals surface area contributed by atoms with Crippen LogP contribution in [0.4, 0.5) is 10.6 Å². The first-order chi connectivity index (χ1) is 8.60. The van der Waals surface area contributed by atoms with Gasteiger partial charge in [0, 0.05) is 19.1 Å². The molecule has 1 aromatic rings. The number of nitrogens with one attached hydrogen (secondary N) is 1. The van der Waals surface area contributed by atoms with Gasteiger partial charge in [-0.1, -0.05) is 0 Å². The Balaban J connectivity index is 2.01. The third kappa shape index (κ3) is 2.51. The van der Waals surface area contributed by atoms with Gasteiger partial charge in [-0.25, -0.2) is 9.78 Å². The Bertz CT molecular complexity index is 509. The van der Waals surface area contributed by atoms with E-state index in [1.54, 1.807) is 19.1 Å². The summed E-state index contributed by atoms with van der Waals surface area (Å²) in [7, 11) is 0. The molecule has 94 valence electrons. The number of rotatable bonds is 2. The van der Waals surface area contributed by atoms with Crippen molar-refractivity contribution < 1.29 is 9.90 Å². The normalized spacial score (nSPS) is 18.4. The summed E-state index contributed by atoms with van der Waals surface area (Å²) in [4.78, 5) is 16.4. The summed E-state index contributed by atoms with van der Waals surface area (Å²) in [5.74, 6) is 0.684. The highest BCUT2D eigenvalue weighted by molar-refractivity contribution is 5.65. The Hall–Kier alpha value is -2.29. The Morgan fingerprint density at radius 3 is 3.00 bits per heavy atom. The van der Waals surface area contributed by atoms with Crippen LogP contribution in [0.25, 0.3) is 0 Å². The predicted molar refractivity (Wildman–Crippen MR) is 65.3 cm³/mol. The van der Waals surface area contributed by atoms with Crippen molar-refractivity contribution in [2.75, 3.05) is 18.4 Å². The monoisotopic (exact) mass is 246 g/mol. The first kappa shape index (κ1) is 12.2. The lowest BCUT2D eigenvalue weighted by Gasteiger charge is -2.14. The van der Waals surface area contributed by atoms with Gasteiger partial charge in [0.25, 0.3) is 0 Å². The van der Waals surface area contributed by atoms with Crippen molar-refractivity contribution in [3.63, 3.8) is 0 Å². The van der Waals surface area contributed by atoms with E-state index in [0.717, 1.165) is 6.42 Å². The molecular weight excluding hydrogens is 232 g/mol. The zero-order valence-corrected chi connectivity index (χ0v) is 10.1. The van der Waals surface area contributed by atoms with Gasteiger partial charge in [-0.2, -0.15) is 5.26 Å². The van der Waals surface area contributed by atoms with Crippen LogP contribution in [0.5, 0.6) is 0 Å². The first-order valence-corrected chi connectivity index (χ1v) is 5.72. The van der Waals surface area contributed by atoms with E-state index in [2.05, 4.69) is 16.4 Å². The fourth-order valence-corrected chi connectivity index (χ4v) is 2.02. The van der Waals surface area contributed by atoms with Gasteiger partial charge in [-0.3, -0.25) is 0 Å². The summed E-state index contributed by atoms with van der Waals surface area (Å²) in [6.07, 6.45) is -0.115. The Morgan fingerprint density at radius 2 is 2.44 bits per heavy atom. The molecule has 2 heterocycles. The van der Waals surface area contributed by atoms with E-state index in [9.17, 15) is 4.79 Å². The van der Waals surface area contributed by atoms with Gasteiger partial charge >= 0.3 is 6.09 Å². The number of hydrogen-bond donors (Lipinski definition) is 2. The minimum absolute atomic E-state index is 0.0842. The number of carboxylic acid groups (broad SMARTS) is 1. The largest absolute Gasteiger partial charge is 0.465 e. The van der Waals surface area contributed by atoms with Crippen molar-refractivity contribution in [3.8, 4) is 6.07 Å². The van der Waals surface area contributed by atoms with Crippen LogP contribution in [0.1, 0.15) is 17.7 Å². The number of pyridine rings is 1. The fraction of sp³-hybridized carbons (Fsp3) is 0.417. The van der Waals surface area contributed by atoms with Gasteiger partial charge in [0.2, 0.25) is 0 Å². The van der Waals surface area contributed by atoms with Crippen molar-refractivity contribution >= 4 is 11.9 Å². The predicted octanol–water partition coefficient (Wildman–Crippen LogP) is 1.43. The van der Waals surface area contributed by atoms with Crippen molar-refractivity contribution in [1.29, 1.82) is 5.26 Å². The quantitative estimate of drug-likeness (QED) is 0.823. The molecule has 18 heavy (non-hydrogen) atoms. The highest BCUT2D eigenvalue weighted by atomic mass is 16.4. The number of anilines is 1. The van der Waals surface area contributed by atoms with E-state index < -0.39 is 6.09 Å². The van der Waals surface area contributed by atoms with Crippen LogP contribution in [0.3, 0.4) is 0 Å². The minimum atomic E-state index is -0.886. The molecule has 1 atom stereocenters. The van der Waals surface area contributed by atoms with Crippen LogP contribution >= 0.6 is 0 Å². The van der Waals surface area contributed by atoms with Crippen LogP contribution in [0, 0.1) is 18.3 Å². The summed E-state index contributed by atoms with van der Waals surface area (Å²) in [6, 6.07) is 5.61. The second-order valence-electron chi connectivity index (χ2n) is 4.30. The van der Waals surface area contributed by atoms with Crippen molar-refractivity contribution in [1.82, 2.24) is 9.88 Å². The molecule has 0 saturated carbocycles. The molecule has 1 aliphatic heterocycles. The number of nitriles is 1. The molecule has 1 fully saturated rings. The van der Waals surface area contributed by atoms with E-state index >= 15 is 0 Å². The van der Waals surface area contributed by atoms with Gasteiger partial charge in [-0.05, 0) is 25.5 Å². The second-order valence-corrected chi connectivity index (χ2v) is 4.30. The van der Waals surface area contributed by atoms with Gasteiger partial charge in [0.05, 0.1) is 11.3 Å². The molecule has 6 heteroatoms. The summed E-state index contributed by atoms with van der Waals surface area (Å²) in [5.41, 5.74) is 1.23. The number of carbonyl (C=O) groups is 1. The van der Waals surface area contributed by atoms with E-state index in [1.807, 2.05) is 0 Å². The molecular formula is C12H14N4O2. The molecule has 2 rings (SSSR count). The zero-order chi connectivity index (χ0) is 13.1. The third-order valence-electron chi connectivity index (χ3n) is 3.02. The van der Waals surface area contributed by atoms with E-state index in [4.69, 9.17) is 10.4 Å². The average Bonchev–Trinajstić information content (AvgIpc) is 2.78. The number of nitrogens with zero attached hydrogens (tertiary/aromatic N) is 3. The smallest absolute Gasteiger partial charge is 0.407 e. The lowest BCUT2D eigenvalue weighted by molar-refractivity contribution is 0.155. The van der Waals surface area contributed by atoms with Crippen LogP contribution in [0.15, 0.2) is 12.1 Å². The third-order valence-corrected chi connectivity index (χ3v) is 3.02. The molecule has 1 unspecified atom stereocenters. The van der Waals surface area contributed by atoms with Gasteiger partial charge in [-0.15, -0.1) is 0 Å². The zero-order valence-electron chi connectivity index (χ0n) is 10.1. The lowest BCUT2D eigenvalue weighted by Crippen LogP contribution is -2.30. The van der Waals surface area contributed by atoms with Gasteiger partial charge in [0.1, 0.15) is 11.9 Å². The molecule has 2 N–H and O–H groups in total. The topological polar surface area (TPSA) is 89.2 Å². The molecule has 0 aromatic carbocycles. The summed E-state index contributed by atoms with van der Waals surface area (Å²) in [6.45, 7) is 2.79. The Labute approximate surface area is 105 Å². The summed E-state index contributed by atoms with van der Waals surface area (Å²) < 4.78 is 0. The molecule has 0 radical (unpaired) electrons. The molecule has 0 aliphatic carbocycles. The SMILES string of the molecule is Cc1nc(NC2CCN(C(=O)O)C2)ccc1C#N. The summed E-state index contributed by atoms with van der Waals surface area (Å²) >= 11 is 0. The van der Waals surface area contributed by atoms with Crippen LogP contribution in [-0.4, -0.2) is 40.2 Å². The fourth-order valence-electron chi connectivity index (χ4n) is 2.02. The number of aromatic nitrogens is 1. The van der Waals surface area contributed by atoms with E-state index in [-0.39, 0.29) is 6.04 Å². The van der Waals surface area contributed by atoms with E-state index in [0.29, 0.717) is 30.2 Å². The van der Waals surface area contributed by atoms with Crippen LogP contribution in [-0.2, 0) is 0 Å². The van der Waals surface area contributed by atoms with Crippen LogP contribution in [0.2, 0.25) is 0 Å². The summed E-state index contributed by atoms with van der Waals surface area (Å²) in [5, 5.41) is 20.9. The molecule has 1 aromatic heterocycles.